The van der Waals surface area contributed by atoms with E-state index in [1.54, 1.807) is 12.3 Å². The Bertz CT molecular complexity index is 3170. The summed E-state index contributed by atoms with van der Waals surface area (Å²) in [7, 11) is 2.60. The van der Waals surface area contributed by atoms with Crippen LogP contribution in [0, 0.1) is 23.6 Å². The van der Waals surface area contributed by atoms with Gasteiger partial charge in [-0.15, -0.1) is 0 Å². The van der Waals surface area contributed by atoms with Crippen LogP contribution in [0.5, 0.6) is 11.5 Å². The number of carbonyl (C=O) groups excluding carboxylic acids is 4. The molecule has 7 aliphatic heterocycles. The molecule has 0 bridgehead atoms. The molecule has 3 saturated heterocycles. The maximum Gasteiger partial charge on any atom is 0.407 e. The topological polar surface area (TPSA) is 175 Å². The summed E-state index contributed by atoms with van der Waals surface area (Å²) in [6.45, 7) is 9.02. The van der Waals surface area contributed by atoms with Gasteiger partial charge in [-0.1, -0.05) is 19.9 Å². The molecule has 12 rings (SSSR count). The molecule has 8 aliphatic rings. The van der Waals surface area contributed by atoms with E-state index < -0.39 is 36.3 Å². The van der Waals surface area contributed by atoms with Crippen LogP contribution < -0.4 is 20.1 Å². The Hall–Kier alpha value is -7.01. The number of aromatic nitrogens is 1. The second-order valence-corrected chi connectivity index (χ2v) is 22.4. The van der Waals surface area contributed by atoms with Crippen LogP contribution in [0.2, 0.25) is 0 Å². The van der Waals surface area contributed by atoms with Crippen LogP contribution in [0.25, 0.3) is 33.3 Å². The van der Waals surface area contributed by atoms with Crippen molar-refractivity contribution in [3.63, 3.8) is 0 Å². The summed E-state index contributed by atoms with van der Waals surface area (Å²) >= 11 is 0. The average molecular weight is 1040 g/mol. The SMILES string of the molecule is COC(=O)NC(C(=O)N1[C@@H]2C[C@@H]2C[C@H]1C1=NC=C(c2ccc3c(c2)cc2n3C(c3ccc4c(c3)CCCO4)Oc3cc(C4=CN=C([C@@H]5CCCN5C(=O)[C@@H](NC(=O)OC)C(C)C)C4)cc(F)c3-2)C1)C1C[C@@H](C)O[C@@H](C)C1. The number of methoxy groups -OCH3 is 2. The van der Waals surface area contributed by atoms with E-state index in [1.165, 1.54) is 14.2 Å². The summed E-state index contributed by atoms with van der Waals surface area (Å²) in [6, 6.07) is 16.2. The summed E-state index contributed by atoms with van der Waals surface area (Å²) in [4.78, 5) is 67.3. The highest BCUT2D eigenvalue weighted by Gasteiger charge is 2.57. The molecule has 3 aromatic carbocycles. The van der Waals surface area contributed by atoms with E-state index in [9.17, 15) is 19.2 Å². The minimum atomic E-state index is -0.750. The van der Waals surface area contributed by atoms with Gasteiger partial charge in [0.1, 0.15) is 29.4 Å². The highest BCUT2D eigenvalue weighted by Crippen LogP contribution is 2.51. The molecule has 10 atom stereocenters. The van der Waals surface area contributed by atoms with E-state index in [-0.39, 0.29) is 54.0 Å². The number of alkyl carbamates (subject to hydrolysis) is 2. The lowest BCUT2D eigenvalue weighted by molar-refractivity contribution is -0.138. The van der Waals surface area contributed by atoms with Gasteiger partial charge in [0, 0.05) is 60.2 Å². The van der Waals surface area contributed by atoms with Crippen molar-refractivity contribution < 1.29 is 47.3 Å². The van der Waals surface area contributed by atoms with Crippen molar-refractivity contribution >= 4 is 57.5 Å². The van der Waals surface area contributed by atoms with Crippen LogP contribution in [-0.4, -0.2) is 120 Å². The van der Waals surface area contributed by atoms with Gasteiger partial charge in [-0.25, -0.2) is 14.0 Å². The normalized spacial score (nSPS) is 26.9. The zero-order valence-corrected chi connectivity index (χ0v) is 44.0. The van der Waals surface area contributed by atoms with Crippen molar-refractivity contribution in [2.45, 2.75) is 141 Å². The number of amides is 4. The molecular weight excluding hydrogens is 970 g/mol. The predicted octanol–water partition coefficient (Wildman–Crippen LogP) is 9.37. The van der Waals surface area contributed by atoms with E-state index >= 15 is 4.39 Å². The second kappa shape index (κ2) is 19.8. The van der Waals surface area contributed by atoms with Crippen molar-refractivity contribution in [1.29, 1.82) is 0 Å². The number of fused-ring (bicyclic) bond motifs is 7. The van der Waals surface area contributed by atoms with Crippen LogP contribution in [0.3, 0.4) is 0 Å². The lowest BCUT2D eigenvalue weighted by Gasteiger charge is -2.39. The van der Waals surface area contributed by atoms with Crippen LogP contribution in [0.4, 0.5) is 14.0 Å². The van der Waals surface area contributed by atoms with Crippen molar-refractivity contribution in [2.24, 2.45) is 27.7 Å². The summed E-state index contributed by atoms with van der Waals surface area (Å²) < 4.78 is 48.1. The van der Waals surface area contributed by atoms with Gasteiger partial charge in [-0.05, 0) is 159 Å². The number of nitrogens with one attached hydrogen (secondary N) is 2. The number of piperidine rings is 1. The van der Waals surface area contributed by atoms with E-state index in [0.29, 0.717) is 67.3 Å². The van der Waals surface area contributed by atoms with Crippen molar-refractivity contribution in [3.05, 3.63) is 95.1 Å². The number of hydrogen-bond acceptors (Lipinski definition) is 11. The van der Waals surface area contributed by atoms with E-state index in [2.05, 4.69) is 39.5 Å². The number of allylic oxidation sites excluding steroid dienone is 2. The Labute approximate surface area is 441 Å². The van der Waals surface area contributed by atoms with Gasteiger partial charge in [-0.2, -0.15) is 0 Å². The third-order valence-corrected chi connectivity index (χ3v) is 17.1. The second-order valence-electron chi connectivity index (χ2n) is 22.4. The minimum absolute atomic E-state index is 0.0379. The van der Waals surface area contributed by atoms with Crippen LogP contribution in [0.15, 0.2) is 77.0 Å². The number of nitrogens with zero attached hydrogens (tertiary/aromatic N) is 5. The Morgan fingerprint density at radius 1 is 0.789 bits per heavy atom. The highest BCUT2D eigenvalue weighted by molar-refractivity contribution is 6.06. The molecule has 4 amide bonds. The van der Waals surface area contributed by atoms with E-state index in [4.69, 9.17) is 33.7 Å². The fourth-order valence-corrected chi connectivity index (χ4v) is 13.4. The number of aliphatic imine (C=N–C) groups is 2. The fourth-order valence-electron chi connectivity index (χ4n) is 13.4. The molecule has 3 unspecified atom stereocenters. The number of likely N-dealkylation sites (tertiary alicyclic amines) is 2. The largest absolute Gasteiger partial charge is 0.493 e. The molecular formula is C59H66FN7O9. The summed E-state index contributed by atoms with van der Waals surface area (Å²) in [6.07, 6.45) is 9.12. The van der Waals surface area contributed by atoms with E-state index in [0.717, 1.165) is 94.4 Å². The first-order chi connectivity index (χ1) is 36.7. The summed E-state index contributed by atoms with van der Waals surface area (Å²) in [5.74, 6) is 0.737. The number of ether oxygens (including phenoxy) is 5. The maximum atomic E-state index is 17.2. The first-order valence-electron chi connectivity index (χ1n) is 27.1. The molecule has 76 heavy (non-hydrogen) atoms. The molecule has 1 aromatic heterocycles. The molecule has 398 valence electrons. The highest BCUT2D eigenvalue weighted by atomic mass is 19.1. The van der Waals surface area contributed by atoms with Crippen molar-refractivity contribution in [3.8, 4) is 22.8 Å². The van der Waals surface area contributed by atoms with Gasteiger partial charge in [0.2, 0.25) is 18.0 Å². The van der Waals surface area contributed by atoms with Gasteiger partial charge in [0.05, 0.1) is 61.9 Å². The van der Waals surface area contributed by atoms with Gasteiger partial charge in [-0.3, -0.25) is 19.6 Å². The molecule has 17 heteroatoms. The van der Waals surface area contributed by atoms with Gasteiger partial charge in [0.25, 0.3) is 0 Å². The molecule has 1 saturated carbocycles. The predicted molar refractivity (Wildman–Crippen MR) is 285 cm³/mol. The van der Waals surface area contributed by atoms with Gasteiger partial charge < -0.3 is 48.7 Å². The monoisotopic (exact) mass is 1040 g/mol. The Kier molecular flexibility index (Phi) is 13.0. The molecule has 16 nitrogen and oxygen atoms in total. The molecule has 2 N–H and O–H groups in total. The lowest BCUT2D eigenvalue weighted by atomic mass is 9.85. The average Bonchev–Trinajstić information content (AvgIpc) is 4.20. The van der Waals surface area contributed by atoms with E-state index in [1.807, 2.05) is 68.0 Å². The molecule has 0 radical (unpaired) electrons. The standard InChI is InChI=1S/C59H66FN7O9/c1-30(2)53(63-58(70)72-5)55(68)65-15-7-10-46(65)43-23-41(29-61-43)36-21-42(60)52-49-26-37-19-33(11-13-45(37)67(49)57(76-51(52)27-36)35-12-14-50-34(20-35)9-8-16-74-50)40-22-44(62-28-40)48-25-38-24-47(38)66(48)56(69)54(64-59(71)73-6)39-17-31(3)75-32(4)18-39/h11-14,19-21,26-32,38-39,46-48,53-54,57H,7-10,15-18,22-25H2,1-6H3,(H,63,70)(H,64,71)/t31-,32+,38-,39?,46+,47-,48+,53+,54?,57?/m1/s1. The number of benzene rings is 3. The van der Waals surface area contributed by atoms with Crippen molar-refractivity contribution in [2.75, 3.05) is 27.4 Å². The third kappa shape index (κ3) is 9.00. The fraction of sp³-hybridized carbons (Fsp3) is 0.492. The summed E-state index contributed by atoms with van der Waals surface area (Å²) in [5, 5.41) is 6.56. The first kappa shape index (κ1) is 49.8. The Morgan fingerprint density at radius 2 is 1.53 bits per heavy atom. The molecule has 8 heterocycles. The third-order valence-electron chi connectivity index (χ3n) is 17.1. The number of aryl methyl sites for hydroxylation is 1. The lowest BCUT2D eigenvalue weighted by Crippen LogP contribution is -2.57. The quantitative estimate of drug-likeness (QED) is 0.148. The zero-order chi connectivity index (χ0) is 52.7. The van der Waals surface area contributed by atoms with Crippen molar-refractivity contribution in [1.82, 2.24) is 25.0 Å². The molecule has 0 spiro atoms. The Balaban J connectivity index is 0.819. The maximum absolute atomic E-state index is 17.2. The number of halogens is 1. The molecule has 4 aromatic rings. The van der Waals surface area contributed by atoms with Crippen LogP contribution >= 0.6 is 0 Å². The molecule has 1 aliphatic carbocycles. The first-order valence-corrected chi connectivity index (χ1v) is 27.1. The summed E-state index contributed by atoms with van der Waals surface area (Å²) in [5.41, 5.74) is 9.19. The zero-order valence-electron chi connectivity index (χ0n) is 44.0. The number of rotatable bonds is 11. The van der Waals surface area contributed by atoms with Crippen LogP contribution in [0.1, 0.15) is 114 Å². The van der Waals surface area contributed by atoms with Gasteiger partial charge >= 0.3 is 12.2 Å². The Morgan fingerprint density at radius 3 is 2.28 bits per heavy atom. The minimum Gasteiger partial charge on any atom is -0.493 e. The van der Waals surface area contributed by atoms with Crippen LogP contribution in [-0.2, 0) is 30.2 Å². The molecule has 4 fully saturated rings. The number of carbonyl (C=O) groups is 4. The van der Waals surface area contributed by atoms with Gasteiger partial charge in [0.15, 0.2) is 0 Å². The number of hydrogen-bond donors (Lipinski definition) is 2. The smallest absolute Gasteiger partial charge is 0.407 e.